The van der Waals surface area contributed by atoms with Crippen LogP contribution < -0.4 is 10.2 Å². The van der Waals surface area contributed by atoms with Gasteiger partial charge in [0.05, 0.1) is 6.61 Å². The van der Waals surface area contributed by atoms with Gasteiger partial charge in [-0.1, -0.05) is 12.1 Å². The molecule has 106 valence electrons. The predicted octanol–water partition coefficient (Wildman–Crippen LogP) is 2.58. The first kappa shape index (κ1) is 14.4. The number of rotatable bonds is 8. The number of anilines is 1. The van der Waals surface area contributed by atoms with Crippen LogP contribution in [0.25, 0.3) is 0 Å². The Morgan fingerprint density at radius 1 is 1.37 bits per heavy atom. The van der Waals surface area contributed by atoms with Crippen molar-refractivity contribution in [2.45, 2.75) is 26.3 Å². The molecule has 2 rings (SSSR count). The van der Waals surface area contributed by atoms with Crippen LogP contribution in [0, 0.1) is 12.8 Å². The Labute approximate surface area is 116 Å². The first-order chi connectivity index (χ1) is 9.20. The van der Waals surface area contributed by atoms with Gasteiger partial charge < -0.3 is 15.0 Å². The largest absolute Gasteiger partial charge is 0.383 e. The van der Waals surface area contributed by atoms with Crippen molar-refractivity contribution in [2.24, 2.45) is 5.92 Å². The van der Waals surface area contributed by atoms with Gasteiger partial charge in [-0.3, -0.25) is 0 Å². The van der Waals surface area contributed by atoms with Crippen molar-refractivity contribution in [1.29, 1.82) is 0 Å². The molecule has 0 atom stereocenters. The maximum atomic E-state index is 5.03. The lowest BCUT2D eigenvalue weighted by atomic mass is 10.1. The summed E-state index contributed by atoms with van der Waals surface area (Å²) in [6, 6.07) is 6.77. The fourth-order valence-electron chi connectivity index (χ4n) is 2.45. The van der Waals surface area contributed by atoms with Crippen LogP contribution in [0.3, 0.4) is 0 Å². The van der Waals surface area contributed by atoms with Crippen molar-refractivity contribution in [3.63, 3.8) is 0 Å². The van der Waals surface area contributed by atoms with Crippen LogP contribution in [-0.2, 0) is 11.3 Å². The van der Waals surface area contributed by atoms with E-state index in [0.717, 1.165) is 25.6 Å². The lowest BCUT2D eigenvalue weighted by Crippen LogP contribution is -2.21. The van der Waals surface area contributed by atoms with Crippen molar-refractivity contribution >= 4 is 5.69 Å². The van der Waals surface area contributed by atoms with Crippen LogP contribution in [0.1, 0.15) is 24.0 Å². The topological polar surface area (TPSA) is 24.5 Å². The fraction of sp³-hybridized carbons (Fsp3) is 0.625. The van der Waals surface area contributed by atoms with E-state index >= 15 is 0 Å². The molecule has 0 spiro atoms. The van der Waals surface area contributed by atoms with Gasteiger partial charge >= 0.3 is 0 Å². The minimum Gasteiger partial charge on any atom is -0.383 e. The van der Waals surface area contributed by atoms with Crippen molar-refractivity contribution in [2.75, 3.05) is 38.8 Å². The highest BCUT2D eigenvalue weighted by Gasteiger charge is 2.23. The van der Waals surface area contributed by atoms with Crippen LogP contribution in [-0.4, -0.2) is 33.9 Å². The summed E-state index contributed by atoms with van der Waals surface area (Å²) >= 11 is 0. The van der Waals surface area contributed by atoms with E-state index in [1.165, 1.54) is 36.2 Å². The number of nitrogens with zero attached hydrogens (tertiary/aromatic N) is 1. The quantitative estimate of drug-likeness (QED) is 0.729. The molecular weight excluding hydrogens is 236 g/mol. The summed E-state index contributed by atoms with van der Waals surface area (Å²) in [6.45, 7) is 5.99. The highest BCUT2D eigenvalue weighted by molar-refractivity contribution is 5.54. The summed E-state index contributed by atoms with van der Waals surface area (Å²) in [5.74, 6) is 0.930. The zero-order chi connectivity index (χ0) is 13.7. The van der Waals surface area contributed by atoms with E-state index in [0.29, 0.717) is 0 Å². The Morgan fingerprint density at radius 2 is 2.16 bits per heavy atom. The zero-order valence-corrected chi connectivity index (χ0v) is 12.4. The Hall–Kier alpha value is -1.06. The third-order valence-corrected chi connectivity index (χ3v) is 3.71. The first-order valence-electron chi connectivity index (χ1n) is 7.21. The molecule has 0 saturated heterocycles. The highest BCUT2D eigenvalue weighted by atomic mass is 16.5. The summed E-state index contributed by atoms with van der Waals surface area (Å²) in [5, 5.41) is 3.38. The second-order valence-corrected chi connectivity index (χ2v) is 5.61. The number of methoxy groups -OCH3 is 1. The molecule has 1 fully saturated rings. The number of hydrogen-bond donors (Lipinski definition) is 1. The van der Waals surface area contributed by atoms with Crippen LogP contribution in [0.15, 0.2) is 18.2 Å². The van der Waals surface area contributed by atoms with E-state index in [1.807, 2.05) is 0 Å². The molecule has 19 heavy (non-hydrogen) atoms. The van der Waals surface area contributed by atoms with Crippen LogP contribution in [0.4, 0.5) is 5.69 Å². The second kappa shape index (κ2) is 6.92. The van der Waals surface area contributed by atoms with Gasteiger partial charge in [0, 0.05) is 39.5 Å². The minimum absolute atomic E-state index is 0.765. The molecule has 1 aromatic carbocycles. The van der Waals surface area contributed by atoms with Crippen molar-refractivity contribution in [3.05, 3.63) is 29.3 Å². The van der Waals surface area contributed by atoms with Gasteiger partial charge in [-0.05, 0) is 42.9 Å². The molecule has 0 aromatic heterocycles. The molecule has 0 amide bonds. The minimum atomic E-state index is 0.765. The molecule has 1 aliphatic carbocycles. The summed E-state index contributed by atoms with van der Waals surface area (Å²) in [5.41, 5.74) is 4.08. The maximum absolute atomic E-state index is 5.03. The molecule has 1 aliphatic rings. The predicted molar refractivity (Wildman–Crippen MR) is 80.8 cm³/mol. The molecule has 3 nitrogen and oxygen atoms in total. The van der Waals surface area contributed by atoms with Crippen molar-refractivity contribution < 1.29 is 4.74 Å². The lowest BCUT2D eigenvalue weighted by Gasteiger charge is -2.22. The van der Waals surface area contributed by atoms with Gasteiger partial charge in [0.15, 0.2) is 0 Å². The molecule has 1 saturated carbocycles. The van der Waals surface area contributed by atoms with E-state index in [4.69, 9.17) is 4.74 Å². The fourth-order valence-corrected chi connectivity index (χ4v) is 2.45. The molecule has 0 bridgehead atoms. The van der Waals surface area contributed by atoms with Gasteiger partial charge in [0.2, 0.25) is 0 Å². The molecular formula is C16H26N2O. The van der Waals surface area contributed by atoms with Crippen LogP contribution in [0.2, 0.25) is 0 Å². The van der Waals surface area contributed by atoms with Gasteiger partial charge in [-0.25, -0.2) is 0 Å². The molecule has 0 aliphatic heterocycles. The Balaban J connectivity index is 1.88. The Kier molecular flexibility index (Phi) is 5.23. The molecule has 0 heterocycles. The number of nitrogens with one attached hydrogen (secondary N) is 1. The summed E-state index contributed by atoms with van der Waals surface area (Å²) < 4.78 is 5.03. The lowest BCUT2D eigenvalue weighted by molar-refractivity contribution is 0.199. The average molecular weight is 262 g/mol. The van der Waals surface area contributed by atoms with E-state index in [-0.39, 0.29) is 0 Å². The van der Waals surface area contributed by atoms with Gasteiger partial charge in [-0.2, -0.15) is 0 Å². The Bertz CT molecular complexity index is 402. The third kappa shape index (κ3) is 4.51. The summed E-state index contributed by atoms with van der Waals surface area (Å²) in [4.78, 5) is 2.40. The molecule has 0 radical (unpaired) electrons. The zero-order valence-electron chi connectivity index (χ0n) is 12.4. The van der Waals surface area contributed by atoms with Gasteiger partial charge in [0.25, 0.3) is 0 Å². The number of aryl methyl sites for hydroxylation is 1. The monoisotopic (exact) mass is 262 g/mol. The third-order valence-electron chi connectivity index (χ3n) is 3.71. The first-order valence-corrected chi connectivity index (χ1v) is 7.21. The molecule has 0 unspecified atom stereocenters. The van der Waals surface area contributed by atoms with Crippen LogP contribution in [0.5, 0.6) is 0 Å². The smallest absolute Gasteiger partial charge is 0.0587 e. The molecule has 1 N–H and O–H groups in total. The Morgan fingerprint density at radius 3 is 2.79 bits per heavy atom. The number of ether oxygens (including phenoxy) is 1. The average Bonchev–Trinajstić information content (AvgIpc) is 3.18. The van der Waals surface area contributed by atoms with E-state index in [1.54, 1.807) is 7.11 Å². The standard InChI is InChI=1S/C16H26N2O/c1-13-10-15(11-17-8-9-19-3)6-7-16(13)18(2)12-14-4-5-14/h6-7,10,14,17H,4-5,8-9,11-12H2,1-3H3. The molecule has 3 heteroatoms. The van der Waals surface area contributed by atoms with Crippen LogP contribution >= 0.6 is 0 Å². The second-order valence-electron chi connectivity index (χ2n) is 5.61. The van der Waals surface area contributed by atoms with E-state index < -0.39 is 0 Å². The summed E-state index contributed by atoms with van der Waals surface area (Å²) in [6.07, 6.45) is 2.82. The van der Waals surface area contributed by atoms with E-state index in [9.17, 15) is 0 Å². The maximum Gasteiger partial charge on any atom is 0.0587 e. The number of benzene rings is 1. The summed E-state index contributed by atoms with van der Waals surface area (Å²) in [7, 11) is 3.94. The van der Waals surface area contributed by atoms with Crippen molar-refractivity contribution in [3.8, 4) is 0 Å². The number of hydrogen-bond acceptors (Lipinski definition) is 3. The highest BCUT2D eigenvalue weighted by Crippen LogP contribution is 2.31. The van der Waals surface area contributed by atoms with Gasteiger partial charge in [-0.15, -0.1) is 0 Å². The SMILES string of the molecule is COCCNCc1ccc(N(C)CC2CC2)c(C)c1. The van der Waals surface area contributed by atoms with Crippen molar-refractivity contribution in [1.82, 2.24) is 5.32 Å². The van der Waals surface area contributed by atoms with E-state index in [2.05, 4.69) is 42.4 Å². The molecule has 1 aromatic rings. The van der Waals surface area contributed by atoms with Gasteiger partial charge in [0.1, 0.15) is 0 Å². The normalized spacial score (nSPS) is 14.7.